The first-order valence-corrected chi connectivity index (χ1v) is 9.14. The molecule has 0 spiro atoms. The maximum atomic E-state index is 12.9. The Labute approximate surface area is 146 Å². The Morgan fingerprint density at radius 3 is 2.61 bits per heavy atom. The smallest absolute Gasteiger partial charge is 0.255 e. The molecule has 2 saturated carbocycles. The molecule has 2 aliphatic carbocycles. The summed E-state index contributed by atoms with van der Waals surface area (Å²) in [4.78, 5) is 19.1. The zero-order valence-electron chi connectivity index (χ0n) is 13.8. The first kappa shape index (κ1) is 16.7. The Morgan fingerprint density at radius 1 is 1.35 bits per heavy atom. The van der Waals surface area contributed by atoms with E-state index in [0.29, 0.717) is 29.3 Å². The number of pyridine rings is 1. The van der Waals surface area contributed by atoms with Gasteiger partial charge in [-0.3, -0.25) is 4.79 Å². The fourth-order valence-electron chi connectivity index (χ4n) is 4.21. The predicted molar refractivity (Wildman–Crippen MR) is 95.6 cm³/mol. The highest BCUT2D eigenvalue weighted by Crippen LogP contribution is 2.39. The van der Waals surface area contributed by atoms with Gasteiger partial charge in [-0.05, 0) is 59.5 Å². The minimum atomic E-state index is -0.0279. The Bertz CT molecular complexity index is 578. The van der Waals surface area contributed by atoms with Crippen LogP contribution in [0, 0.1) is 11.8 Å². The van der Waals surface area contributed by atoms with Crippen molar-refractivity contribution >= 4 is 27.7 Å². The molecule has 5 nitrogen and oxygen atoms in total. The number of anilines is 1. The van der Waals surface area contributed by atoms with Gasteiger partial charge in [0.25, 0.3) is 5.91 Å². The monoisotopic (exact) mass is 380 g/mol. The van der Waals surface area contributed by atoms with Crippen LogP contribution in [-0.2, 0) is 0 Å². The van der Waals surface area contributed by atoms with Crippen LogP contribution in [-0.4, -0.2) is 37.1 Å². The Hall–Kier alpha value is -1.14. The summed E-state index contributed by atoms with van der Waals surface area (Å²) in [5, 5.41) is 3.30. The van der Waals surface area contributed by atoms with Crippen molar-refractivity contribution in [3.05, 3.63) is 22.3 Å². The van der Waals surface area contributed by atoms with E-state index in [2.05, 4.69) is 26.2 Å². The van der Waals surface area contributed by atoms with Gasteiger partial charge in [-0.2, -0.15) is 0 Å². The number of carbonyl (C=O) groups excluding carboxylic acids is 1. The van der Waals surface area contributed by atoms with Crippen LogP contribution in [0.25, 0.3) is 0 Å². The number of aromatic nitrogens is 1. The second-order valence-corrected chi connectivity index (χ2v) is 8.02. The summed E-state index contributed by atoms with van der Waals surface area (Å²) in [6.07, 6.45) is 7.38. The third kappa shape index (κ3) is 3.53. The molecule has 0 radical (unpaired) electrons. The topological polar surface area (TPSA) is 71.2 Å². The first-order valence-electron chi connectivity index (χ1n) is 8.35. The van der Waals surface area contributed by atoms with Gasteiger partial charge in [-0.1, -0.05) is 6.42 Å². The third-order valence-electron chi connectivity index (χ3n) is 5.18. The molecule has 1 heterocycles. The van der Waals surface area contributed by atoms with Crippen LogP contribution in [0.4, 0.5) is 5.82 Å². The van der Waals surface area contributed by atoms with Crippen molar-refractivity contribution in [1.29, 1.82) is 0 Å². The van der Waals surface area contributed by atoms with Crippen LogP contribution in [0.3, 0.4) is 0 Å². The number of rotatable bonds is 3. The number of nitrogens with two attached hydrogens (primary N) is 1. The van der Waals surface area contributed by atoms with Crippen LogP contribution in [0.1, 0.15) is 42.5 Å². The van der Waals surface area contributed by atoms with Gasteiger partial charge in [-0.25, -0.2) is 4.98 Å². The largest absolute Gasteiger partial charge is 0.362 e. The van der Waals surface area contributed by atoms with Crippen LogP contribution < -0.4 is 16.0 Å². The third-order valence-corrected chi connectivity index (χ3v) is 5.61. The molecule has 126 valence electrons. The number of carbonyl (C=O) groups is 1. The summed E-state index contributed by atoms with van der Waals surface area (Å²) in [7, 11) is 3.81. The van der Waals surface area contributed by atoms with E-state index < -0.39 is 0 Å². The molecule has 6 heteroatoms. The number of halogens is 1. The Kier molecular flexibility index (Phi) is 4.92. The molecular weight excluding hydrogens is 356 g/mol. The summed E-state index contributed by atoms with van der Waals surface area (Å²) in [6.45, 7) is 0. The molecule has 0 saturated heterocycles. The molecule has 3 rings (SSSR count). The van der Waals surface area contributed by atoms with Crippen LogP contribution in [0.2, 0.25) is 0 Å². The number of nitrogens with one attached hydrogen (secondary N) is 1. The summed E-state index contributed by atoms with van der Waals surface area (Å²) < 4.78 is 0.819. The zero-order valence-corrected chi connectivity index (χ0v) is 15.3. The van der Waals surface area contributed by atoms with Gasteiger partial charge in [0.05, 0.1) is 5.56 Å². The number of fused-ring (bicyclic) bond motifs is 2. The van der Waals surface area contributed by atoms with Gasteiger partial charge in [-0.15, -0.1) is 0 Å². The van der Waals surface area contributed by atoms with Gasteiger partial charge in [0.15, 0.2) is 0 Å². The molecule has 3 N–H and O–H groups in total. The lowest BCUT2D eigenvalue weighted by molar-refractivity contribution is 0.0756. The zero-order chi connectivity index (χ0) is 16.6. The molecule has 0 aromatic carbocycles. The molecule has 2 unspecified atom stereocenters. The normalized spacial score (nSPS) is 29.9. The van der Waals surface area contributed by atoms with Crippen molar-refractivity contribution in [3.8, 4) is 0 Å². The van der Waals surface area contributed by atoms with E-state index in [-0.39, 0.29) is 11.9 Å². The van der Waals surface area contributed by atoms with Crippen LogP contribution in [0.15, 0.2) is 16.7 Å². The fourth-order valence-corrected chi connectivity index (χ4v) is 4.54. The number of hydrogen-bond acceptors (Lipinski definition) is 4. The van der Waals surface area contributed by atoms with Crippen LogP contribution >= 0.6 is 15.9 Å². The van der Waals surface area contributed by atoms with E-state index in [0.717, 1.165) is 17.3 Å². The van der Waals surface area contributed by atoms with Crippen molar-refractivity contribution in [1.82, 2.24) is 10.3 Å². The van der Waals surface area contributed by atoms with E-state index in [1.807, 2.05) is 25.1 Å². The van der Waals surface area contributed by atoms with E-state index in [9.17, 15) is 4.79 Å². The maximum absolute atomic E-state index is 12.9. The van der Waals surface area contributed by atoms with Crippen molar-refractivity contribution in [2.75, 3.05) is 19.0 Å². The lowest BCUT2D eigenvalue weighted by atomic mass is 9.67. The molecule has 2 bridgehead atoms. The standard InChI is InChI=1S/C17H25BrN4O/c1-22(2)16-14(8-12(18)9-20-16)17(23)21-15-10-4-3-5-11(15)7-13(19)6-10/h8-11,13,15H,3-7,19H2,1-2H3,(H,21,23). The highest BCUT2D eigenvalue weighted by molar-refractivity contribution is 9.10. The molecule has 2 atom stereocenters. The quantitative estimate of drug-likeness (QED) is 0.844. The van der Waals surface area contributed by atoms with E-state index >= 15 is 0 Å². The average Bonchev–Trinajstić information content (AvgIpc) is 2.47. The minimum absolute atomic E-state index is 0.0279. The summed E-state index contributed by atoms with van der Waals surface area (Å²) in [5.74, 6) is 1.71. The van der Waals surface area contributed by atoms with Gasteiger partial charge in [0.1, 0.15) is 5.82 Å². The van der Waals surface area contributed by atoms with Gasteiger partial charge in [0, 0.05) is 36.8 Å². The lowest BCUT2D eigenvalue weighted by Gasteiger charge is -2.45. The van der Waals surface area contributed by atoms with Crippen LogP contribution in [0.5, 0.6) is 0 Å². The molecule has 2 aliphatic rings. The first-order chi connectivity index (χ1) is 11.0. The second kappa shape index (κ2) is 6.77. The average molecular weight is 381 g/mol. The minimum Gasteiger partial charge on any atom is -0.362 e. The SMILES string of the molecule is CN(C)c1ncc(Br)cc1C(=O)NC1C2CCCC1CC(N)C2. The fraction of sp³-hybridized carbons (Fsp3) is 0.647. The van der Waals surface area contributed by atoms with Crippen molar-refractivity contribution in [3.63, 3.8) is 0 Å². The molecule has 1 aromatic rings. The van der Waals surface area contributed by atoms with Crippen molar-refractivity contribution in [2.24, 2.45) is 17.6 Å². The maximum Gasteiger partial charge on any atom is 0.255 e. The van der Waals surface area contributed by atoms with E-state index in [1.54, 1.807) is 6.20 Å². The highest BCUT2D eigenvalue weighted by Gasteiger charge is 2.40. The molecule has 0 aliphatic heterocycles. The van der Waals surface area contributed by atoms with E-state index in [4.69, 9.17) is 5.73 Å². The number of nitrogens with zero attached hydrogens (tertiary/aromatic N) is 2. The Morgan fingerprint density at radius 2 is 2.00 bits per heavy atom. The second-order valence-electron chi connectivity index (χ2n) is 7.10. The number of hydrogen-bond donors (Lipinski definition) is 2. The molecule has 1 aromatic heterocycles. The molecule has 1 amide bonds. The summed E-state index contributed by atoms with van der Waals surface area (Å²) in [5.41, 5.74) is 6.80. The molecule has 2 fully saturated rings. The summed E-state index contributed by atoms with van der Waals surface area (Å²) in [6, 6.07) is 2.40. The highest BCUT2D eigenvalue weighted by atomic mass is 79.9. The lowest BCUT2D eigenvalue weighted by Crippen LogP contribution is -2.53. The summed E-state index contributed by atoms with van der Waals surface area (Å²) >= 11 is 3.42. The Balaban J connectivity index is 1.81. The van der Waals surface area contributed by atoms with E-state index in [1.165, 1.54) is 19.3 Å². The molecular formula is C17H25BrN4O. The van der Waals surface area contributed by atoms with Gasteiger partial charge < -0.3 is 16.0 Å². The van der Waals surface area contributed by atoms with Crippen molar-refractivity contribution in [2.45, 2.75) is 44.2 Å². The van der Waals surface area contributed by atoms with Gasteiger partial charge >= 0.3 is 0 Å². The molecule has 23 heavy (non-hydrogen) atoms. The van der Waals surface area contributed by atoms with Crippen molar-refractivity contribution < 1.29 is 4.79 Å². The van der Waals surface area contributed by atoms with Gasteiger partial charge in [0.2, 0.25) is 0 Å². The number of amides is 1. The predicted octanol–water partition coefficient (Wildman–Crippen LogP) is 2.55.